The van der Waals surface area contributed by atoms with Crippen LogP contribution in [0.3, 0.4) is 0 Å². The molecule has 2 aliphatic rings. The first-order valence-corrected chi connectivity index (χ1v) is 8.32. The summed E-state index contributed by atoms with van der Waals surface area (Å²) >= 11 is 0. The van der Waals surface area contributed by atoms with E-state index in [1.54, 1.807) is 6.07 Å². The fraction of sp³-hybridized carbons (Fsp3) is 0.588. The van der Waals surface area contributed by atoms with Crippen LogP contribution in [0.5, 0.6) is 0 Å². The monoisotopic (exact) mass is 321 g/mol. The Morgan fingerprint density at radius 3 is 2.74 bits per heavy atom. The van der Waals surface area contributed by atoms with Gasteiger partial charge in [0, 0.05) is 19.1 Å². The summed E-state index contributed by atoms with van der Waals surface area (Å²) in [4.78, 5) is 15.0. The summed E-state index contributed by atoms with van der Waals surface area (Å²) in [7, 11) is 0. The van der Waals surface area contributed by atoms with Crippen molar-refractivity contribution in [3.05, 3.63) is 35.6 Å². The van der Waals surface area contributed by atoms with Crippen LogP contribution in [-0.4, -0.2) is 56.2 Å². The van der Waals surface area contributed by atoms with Crippen molar-refractivity contribution in [3.63, 3.8) is 0 Å². The molecule has 1 atom stereocenters. The highest BCUT2D eigenvalue weighted by Gasteiger charge is 2.30. The van der Waals surface area contributed by atoms with Gasteiger partial charge in [0.2, 0.25) is 5.91 Å². The highest BCUT2D eigenvalue weighted by atomic mass is 19.1. The minimum absolute atomic E-state index is 0.0376. The fourth-order valence-corrected chi connectivity index (χ4v) is 3.29. The van der Waals surface area contributed by atoms with E-state index in [-0.39, 0.29) is 17.8 Å². The summed E-state index contributed by atoms with van der Waals surface area (Å²) in [6, 6.07) is 6.10. The molecule has 0 bridgehead atoms. The quantitative estimate of drug-likeness (QED) is 0.871. The lowest BCUT2D eigenvalue weighted by Gasteiger charge is -2.35. The number of nitrogens with zero attached hydrogens (tertiary/aromatic N) is 1. The molecule has 2 aliphatic heterocycles. The van der Waals surface area contributed by atoms with E-state index in [0.717, 1.165) is 25.9 Å². The topological polar surface area (TPSA) is 53.6 Å². The summed E-state index contributed by atoms with van der Waals surface area (Å²) in [5.74, 6) is -0.347. The van der Waals surface area contributed by atoms with Gasteiger partial charge >= 0.3 is 0 Å². The molecule has 2 fully saturated rings. The van der Waals surface area contributed by atoms with Gasteiger partial charge in [0.05, 0.1) is 13.2 Å². The van der Waals surface area contributed by atoms with Gasteiger partial charge in [-0.05, 0) is 43.6 Å². The number of halogens is 1. The Hall–Kier alpha value is -1.50. The lowest BCUT2D eigenvalue weighted by atomic mass is 10.0. The summed E-state index contributed by atoms with van der Waals surface area (Å²) in [6.07, 6.45) is 1.87. The number of hydrogen-bond acceptors (Lipinski definition) is 4. The van der Waals surface area contributed by atoms with Gasteiger partial charge in [-0.15, -0.1) is 0 Å². The Kier molecular flexibility index (Phi) is 5.59. The summed E-state index contributed by atoms with van der Waals surface area (Å²) < 4.78 is 19.0. The SMILES string of the molecule is O=C(NC1CCNCC1)C(c1cccc(F)c1)N1CCOCC1. The van der Waals surface area contributed by atoms with Crippen LogP contribution in [0.15, 0.2) is 24.3 Å². The van der Waals surface area contributed by atoms with Crippen LogP contribution in [0.25, 0.3) is 0 Å². The average Bonchev–Trinajstić information content (AvgIpc) is 2.57. The normalized spacial score (nSPS) is 21.8. The van der Waals surface area contributed by atoms with E-state index in [1.165, 1.54) is 12.1 Å². The van der Waals surface area contributed by atoms with Gasteiger partial charge in [-0.1, -0.05) is 12.1 Å². The van der Waals surface area contributed by atoms with E-state index in [9.17, 15) is 9.18 Å². The second-order valence-corrected chi connectivity index (χ2v) is 6.14. The molecule has 1 unspecified atom stereocenters. The molecule has 0 saturated carbocycles. The molecule has 2 heterocycles. The first kappa shape index (κ1) is 16.4. The zero-order valence-corrected chi connectivity index (χ0v) is 13.3. The lowest BCUT2D eigenvalue weighted by molar-refractivity contribution is -0.129. The molecule has 23 heavy (non-hydrogen) atoms. The van der Waals surface area contributed by atoms with Gasteiger partial charge in [0.25, 0.3) is 0 Å². The van der Waals surface area contributed by atoms with Crippen molar-refractivity contribution in [3.8, 4) is 0 Å². The van der Waals surface area contributed by atoms with Gasteiger partial charge in [-0.3, -0.25) is 9.69 Å². The predicted molar refractivity (Wildman–Crippen MR) is 85.6 cm³/mol. The number of amides is 1. The standard InChI is InChI=1S/C17H24FN3O2/c18-14-3-1-2-13(12-14)16(21-8-10-23-11-9-21)17(22)20-15-4-6-19-7-5-15/h1-3,12,15-16,19H,4-11H2,(H,20,22). The zero-order chi connectivity index (χ0) is 16.1. The molecule has 0 spiro atoms. The molecule has 6 heteroatoms. The molecule has 3 rings (SSSR count). The van der Waals surface area contributed by atoms with Crippen LogP contribution in [-0.2, 0) is 9.53 Å². The van der Waals surface area contributed by atoms with Crippen LogP contribution in [0.2, 0.25) is 0 Å². The Labute approximate surface area is 136 Å². The number of carbonyl (C=O) groups excluding carboxylic acids is 1. The van der Waals surface area contributed by atoms with Gasteiger partial charge in [0.15, 0.2) is 0 Å². The second-order valence-electron chi connectivity index (χ2n) is 6.14. The van der Waals surface area contributed by atoms with Crippen molar-refractivity contribution in [2.45, 2.75) is 24.9 Å². The van der Waals surface area contributed by atoms with Crippen molar-refractivity contribution in [2.75, 3.05) is 39.4 Å². The van der Waals surface area contributed by atoms with Crippen LogP contribution < -0.4 is 10.6 Å². The van der Waals surface area contributed by atoms with Gasteiger partial charge in [-0.2, -0.15) is 0 Å². The van der Waals surface area contributed by atoms with E-state index in [0.29, 0.717) is 31.9 Å². The third kappa shape index (κ3) is 4.28. The van der Waals surface area contributed by atoms with E-state index in [1.807, 2.05) is 6.07 Å². The van der Waals surface area contributed by atoms with Crippen molar-refractivity contribution < 1.29 is 13.9 Å². The molecule has 5 nitrogen and oxygen atoms in total. The summed E-state index contributed by atoms with van der Waals surface area (Å²) in [5.41, 5.74) is 0.707. The Balaban J connectivity index is 1.77. The minimum Gasteiger partial charge on any atom is -0.379 e. The number of morpholine rings is 1. The molecule has 2 N–H and O–H groups in total. The number of carbonyl (C=O) groups is 1. The van der Waals surface area contributed by atoms with Gasteiger partial charge in [-0.25, -0.2) is 4.39 Å². The van der Waals surface area contributed by atoms with E-state index in [4.69, 9.17) is 4.74 Å². The van der Waals surface area contributed by atoms with E-state index < -0.39 is 6.04 Å². The molecule has 1 amide bonds. The number of piperidine rings is 1. The molecule has 0 aromatic heterocycles. The van der Waals surface area contributed by atoms with Crippen molar-refractivity contribution in [2.24, 2.45) is 0 Å². The summed E-state index contributed by atoms with van der Waals surface area (Å²) in [6.45, 7) is 4.42. The predicted octanol–water partition coefficient (Wildman–Crippen LogP) is 1.07. The number of hydrogen-bond donors (Lipinski definition) is 2. The average molecular weight is 321 g/mol. The van der Waals surface area contributed by atoms with Crippen LogP contribution in [0.4, 0.5) is 4.39 Å². The third-order valence-electron chi connectivity index (χ3n) is 4.51. The number of benzene rings is 1. The second kappa shape index (κ2) is 7.86. The zero-order valence-electron chi connectivity index (χ0n) is 13.3. The Bertz CT molecular complexity index is 528. The highest BCUT2D eigenvalue weighted by molar-refractivity contribution is 5.83. The maximum absolute atomic E-state index is 13.6. The molecule has 1 aromatic rings. The molecular weight excluding hydrogens is 297 g/mol. The first-order valence-electron chi connectivity index (χ1n) is 8.32. The third-order valence-corrected chi connectivity index (χ3v) is 4.51. The van der Waals surface area contributed by atoms with Crippen LogP contribution >= 0.6 is 0 Å². The number of nitrogens with one attached hydrogen (secondary N) is 2. The van der Waals surface area contributed by atoms with Crippen LogP contribution in [0, 0.1) is 5.82 Å². The smallest absolute Gasteiger partial charge is 0.242 e. The largest absolute Gasteiger partial charge is 0.379 e. The molecule has 0 radical (unpaired) electrons. The molecule has 126 valence electrons. The Morgan fingerprint density at radius 2 is 2.04 bits per heavy atom. The molecular formula is C17H24FN3O2. The first-order chi connectivity index (χ1) is 11.2. The van der Waals surface area contributed by atoms with Crippen molar-refractivity contribution in [1.82, 2.24) is 15.5 Å². The van der Waals surface area contributed by atoms with Crippen molar-refractivity contribution in [1.29, 1.82) is 0 Å². The number of rotatable bonds is 4. The minimum atomic E-state index is -0.454. The molecule has 1 aromatic carbocycles. The maximum Gasteiger partial charge on any atom is 0.242 e. The number of ether oxygens (including phenoxy) is 1. The van der Waals surface area contributed by atoms with Crippen molar-refractivity contribution >= 4 is 5.91 Å². The van der Waals surface area contributed by atoms with E-state index >= 15 is 0 Å². The van der Waals surface area contributed by atoms with E-state index in [2.05, 4.69) is 15.5 Å². The summed E-state index contributed by atoms with van der Waals surface area (Å²) in [5, 5.41) is 6.44. The van der Waals surface area contributed by atoms with Crippen LogP contribution in [0.1, 0.15) is 24.4 Å². The molecule has 0 aliphatic carbocycles. The Morgan fingerprint density at radius 1 is 1.30 bits per heavy atom. The fourth-order valence-electron chi connectivity index (χ4n) is 3.29. The maximum atomic E-state index is 13.6. The lowest BCUT2D eigenvalue weighted by Crippen LogP contribution is -2.50. The molecule has 2 saturated heterocycles. The highest BCUT2D eigenvalue weighted by Crippen LogP contribution is 2.23. The van der Waals surface area contributed by atoms with Gasteiger partial charge < -0.3 is 15.4 Å². The van der Waals surface area contributed by atoms with Gasteiger partial charge in [0.1, 0.15) is 11.9 Å².